The fourth-order valence-electron chi connectivity index (χ4n) is 4.19. The Kier molecular flexibility index (Phi) is 7.14. The molecule has 1 amide bonds. The topological polar surface area (TPSA) is 90.3 Å². The molecular formula is C25H31N3O4S2. The van der Waals surface area contributed by atoms with Gasteiger partial charge >= 0.3 is 6.09 Å². The summed E-state index contributed by atoms with van der Waals surface area (Å²) < 4.78 is 35.8. The van der Waals surface area contributed by atoms with Crippen LogP contribution in [0.25, 0.3) is 11.1 Å². The molecule has 34 heavy (non-hydrogen) atoms. The van der Waals surface area contributed by atoms with Gasteiger partial charge in [-0.15, -0.1) is 11.3 Å². The minimum Gasteiger partial charge on any atom is -0.449 e. The Morgan fingerprint density at radius 3 is 2.62 bits per heavy atom. The lowest BCUT2D eigenvalue weighted by Gasteiger charge is -2.14. The molecule has 2 aromatic heterocycles. The molecule has 0 aliphatic carbocycles. The largest absolute Gasteiger partial charge is 0.449 e. The van der Waals surface area contributed by atoms with E-state index in [9.17, 15) is 13.2 Å². The lowest BCUT2D eigenvalue weighted by atomic mass is 10.0. The number of imidazole rings is 1. The summed E-state index contributed by atoms with van der Waals surface area (Å²) >= 11 is 1.21. The van der Waals surface area contributed by atoms with E-state index >= 15 is 0 Å². The van der Waals surface area contributed by atoms with E-state index in [2.05, 4.69) is 40.3 Å². The van der Waals surface area contributed by atoms with Crippen LogP contribution in [-0.4, -0.2) is 30.7 Å². The Labute approximate surface area is 205 Å². The van der Waals surface area contributed by atoms with Crippen molar-refractivity contribution >= 4 is 27.5 Å². The van der Waals surface area contributed by atoms with Gasteiger partial charge in [0.05, 0.1) is 12.6 Å². The Hall–Kier alpha value is -2.65. The van der Waals surface area contributed by atoms with E-state index in [0.717, 1.165) is 41.1 Å². The third-order valence-electron chi connectivity index (χ3n) is 5.70. The third kappa shape index (κ3) is 5.36. The van der Waals surface area contributed by atoms with Crippen molar-refractivity contribution in [2.24, 2.45) is 11.8 Å². The first-order valence-corrected chi connectivity index (χ1v) is 13.9. The zero-order chi connectivity index (χ0) is 24.5. The van der Waals surface area contributed by atoms with E-state index < -0.39 is 16.1 Å². The summed E-state index contributed by atoms with van der Waals surface area (Å²) in [6.07, 6.45) is 5.59. The van der Waals surface area contributed by atoms with Crippen LogP contribution in [0.15, 0.2) is 46.9 Å². The van der Waals surface area contributed by atoms with Crippen LogP contribution in [0.1, 0.15) is 56.4 Å². The number of aryl methyl sites for hydroxylation is 1. The Morgan fingerprint density at radius 2 is 1.94 bits per heavy atom. The molecule has 4 rings (SSSR count). The van der Waals surface area contributed by atoms with Gasteiger partial charge in [0.1, 0.15) is 10.0 Å². The molecule has 1 aliphatic heterocycles. The SMILES string of the molecule is CC(C)COC(=O)NS(=O)(=O)c1sc(CC(C)C)cc1-c1ccc([C@H]2CCc3nccn32)cc1. The summed E-state index contributed by atoms with van der Waals surface area (Å²) in [7, 11) is -4.08. The maximum Gasteiger partial charge on any atom is 0.421 e. The van der Waals surface area contributed by atoms with Crippen molar-refractivity contribution in [2.45, 2.75) is 57.2 Å². The molecule has 1 aliphatic rings. The number of hydrogen-bond acceptors (Lipinski definition) is 6. The third-order valence-corrected chi connectivity index (χ3v) is 8.70. The molecule has 3 aromatic rings. The highest BCUT2D eigenvalue weighted by Gasteiger charge is 2.27. The number of carbonyl (C=O) groups is 1. The molecule has 0 unspecified atom stereocenters. The number of sulfonamides is 1. The van der Waals surface area contributed by atoms with E-state index in [0.29, 0.717) is 11.5 Å². The summed E-state index contributed by atoms with van der Waals surface area (Å²) in [4.78, 5) is 17.5. The number of rotatable bonds is 8. The number of nitrogens with one attached hydrogen (secondary N) is 1. The van der Waals surface area contributed by atoms with Crippen molar-refractivity contribution in [1.82, 2.24) is 14.3 Å². The molecule has 0 bridgehead atoms. The number of amides is 1. The van der Waals surface area contributed by atoms with Gasteiger partial charge in [0.25, 0.3) is 10.0 Å². The lowest BCUT2D eigenvalue weighted by Crippen LogP contribution is -2.31. The molecule has 0 saturated heterocycles. The first kappa shape index (κ1) is 24.5. The minimum absolute atomic E-state index is 0.111. The van der Waals surface area contributed by atoms with Crippen LogP contribution in [0.4, 0.5) is 4.79 Å². The maximum atomic E-state index is 13.2. The van der Waals surface area contributed by atoms with Crippen molar-refractivity contribution in [2.75, 3.05) is 6.61 Å². The van der Waals surface area contributed by atoms with Gasteiger partial charge in [0, 0.05) is 29.3 Å². The number of benzene rings is 1. The summed E-state index contributed by atoms with van der Waals surface area (Å²) in [5, 5.41) is 0. The van der Waals surface area contributed by atoms with Crippen molar-refractivity contribution in [3.8, 4) is 11.1 Å². The molecule has 3 heterocycles. The second kappa shape index (κ2) is 9.92. The van der Waals surface area contributed by atoms with Crippen molar-refractivity contribution in [3.05, 3.63) is 59.0 Å². The molecule has 9 heteroatoms. The molecule has 0 saturated carbocycles. The van der Waals surface area contributed by atoms with Crippen LogP contribution in [0, 0.1) is 11.8 Å². The van der Waals surface area contributed by atoms with Crippen LogP contribution >= 0.6 is 11.3 Å². The van der Waals surface area contributed by atoms with E-state index in [1.165, 1.54) is 11.3 Å². The number of carbonyl (C=O) groups excluding carboxylic acids is 1. The Balaban J connectivity index is 1.63. The smallest absolute Gasteiger partial charge is 0.421 e. The van der Waals surface area contributed by atoms with Gasteiger partial charge in [-0.05, 0) is 41.9 Å². The molecule has 7 nitrogen and oxygen atoms in total. The summed E-state index contributed by atoms with van der Waals surface area (Å²) in [5.74, 6) is 1.58. The van der Waals surface area contributed by atoms with Gasteiger partial charge < -0.3 is 9.30 Å². The van der Waals surface area contributed by atoms with Crippen molar-refractivity contribution in [3.63, 3.8) is 0 Å². The highest BCUT2D eigenvalue weighted by atomic mass is 32.2. The number of aromatic nitrogens is 2. The van der Waals surface area contributed by atoms with Gasteiger partial charge in [-0.1, -0.05) is 52.0 Å². The first-order valence-electron chi connectivity index (χ1n) is 11.6. The van der Waals surface area contributed by atoms with Gasteiger partial charge in [-0.3, -0.25) is 0 Å². The maximum absolute atomic E-state index is 13.2. The second-order valence-electron chi connectivity index (χ2n) is 9.54. The molecule has 0 radical (unpaired) electrons. The minimum atomic E-state index is -4.08. The van der Waals surface area contributed by atoms with Crippen LogP contribution in [-0.2, 0) is 27.6 Å². The average Bonchev–Trinajstić information content (AvgIpc) is 3.48. The fraction of sp³-hybridized carbons (Fsp3) is 0.440. The zero-order valence-corrected chi connectivity index (χ0v) is 21.6. The molecule has 0 spiro atoms. The molecular weight excluding hydrogens is 470 g/mol. The van der Waals surface area contributed by atoms with E-state index in [4.69, 9.17) is 4.74 Å². The van der Waals surface area contributed by atoms with E-state index in [1.807, 2.05) is 44.4 Å². The monoisotopic (exact) mass is 501 g/mol. The van der Waals surface area contributed by atoms with Gasteiger partial charge in [0.2, 0.25) is 0 Å². The molecule has 1 N–H and O–H groups in total. The quantitative estimate of drug-likeness (QED) is 0.445. The summed E-state index contributed by atoms with van der Waals surface area (Å²) in [5.41, 5.74) is 2.57. The fourth-order valence-corrected chi connectivity index (χ4v) is 7.03. The molecule has 0 fully saturated rings. The highest BCUT2D eigenvalue weighted by molar-refractivity contribution is 7.92. The Morgan fingerprint density at radius 1 is 1.21 bits per heavy atom. The number of hydrogen-bond donors (Lipinski definition) is 1. The average molecular weight is 502 g/mol. The van der Waals surface area contributed by atoms with Crippen LogP contribution in [0.2, 0.25) is 0 Å². The highest BCUT2D eigenvalue weighted by Crippen LogP contribution is 2.38. The number of fused-ring (bicyclic) bond motifs is 1. The zero-order valence-electron chi connectivity index (χ0n) is 19.9. The van der Waals surface area contributed by atoms with Crippen LogP contribution in [0.5, 0.6) is 0 Å². The number of ether oxygens (including phenoxy) is 1. The van der Waals surface area contributed by atoms with Crippen molar-refractivity contribution in [1.29, 1.82) is 0 Å². The van der Waals surface area contributed by atoms with Gasteiger partial charge in [-0.2, -0.15) is 0 Å². The van der Waals surface area contributed by atoms with E-state index in [-0.39, 0.29) is 22.8 Å². The predicted molar refractivity (Wildman–Crippen MR) is 133 cm³/mol. The second-order valence-corrected chi connectivity index (χ2v) is 12.6. The molecule has 1 atom stereocenters. The summed E-state index contributed by atoms with van der Waals surface area (Å²) in [6.45, 7) is 8.12. The van der Waals surface area contributed by atoms with Crippen LogP contribution in [0.3, 0.4) is 0 Å². The van der Waals surface area contributed by atoms with Gasteiger partial charge in [-0.25, -0.2) is 22.9 Å². The first-order chi connectivity index (χ1) is 16.1. The van der Waals surface area contributed by atoms with Gasteiger partial charge in [0.15, 0.2) is 0 Å². The van der Waals surface area contributed by atoms with Crippen LogP contribution < -0.4 is 4.72 Å². The standard InChI is InChI=1S/C25H31N3O4S2/c1-16(2)13-20-14-21(24(33-20)34(30,31)27-25(29)32-15-17(3)4)18-5-7-19(8-6-18)22-9-10-23-26-11-12-28(22)23/h5-8,11-12,14,16-17,22H,9-10,13,15H2,1-4H3,(H,27,29)/t22-/m1/s1. The molecule has 1 aromatic carbocycles. The number of nitrogens with zero attached hydrogens (tertiary/aromatic N) is 2. The summed E-state index contributed by atoms with van der Waals surface area (Å²) in [6, 6.07) is 10.2. The van der Waals surface area contributed by atoms with Crippen molar-refractivity contribution < 1.29 is 17.9 Å². The molecule has 182 valence electrons. The number of thiophene rings is 1. The predicted octanol–water partition coefficient (Wildman–Crippen LogP) is 5.42. The van der Waals surface area contributed by atoms with E-state index in [1.54, 1.807) is 0 Å². The normalized spacial score (nSPS) is 15.6. The Bertz CT molecular complexity index is 1260. The lowest BCUT2D eigenvalue weighted by molar-refractivity contribution is 0.139.